The molecule has 1 unspecified atom stereocenters. The summed E-state index contributed by atoms with van der Waals surface area (Å²) in [5.74, 6) is -0.373. The fraction of sp³-hybridized carbons (Fsp3) is 0.533. The zero-order valence-electron chi connectivity index (χ0n) is 12.3. The van der Waals surface area contributed by atoms with Crippen molar-refractivity contribution >= 4 is 11.4 Å². The van der Waals surface area contributed by atoms with Crippen LogP contribution in [-0.2, 0) is 0 Å². The molecule has 2 N–H and O–H groups in total. The maximum absolute atomic E-state index is 13.8. The average Bonchev–Trinajstić information content (AvgIpc) is 2.44. The molecule has 0 amide bonds. The predicted molar refractivity (Wildman–Crippen MR) is 79.3 cm³/mol. The van der Waals surface area contributed by atoms with E-state index >= 15 is 0 Å². The molecule has 0 spiro atoms. The number of nitrogens with two attached hydrogens (primary N) is 1. The molecule has 1 rings (SSSR count). The number of rotatable bonds is 7. The lowest BCUT2D eigenvalue weighted by molar-refractivity contribution is 0.301. The van der Waals surface area contributed by atoms with Crippen LogP contribution in [0.25, 0.3) is 0 Å². The molecule has 0 fully saturated rings. The summed E-state index contributed by atoms with van der Waals surface area (Å²) in [4.78, 5) is 1.96. The maximum Gasteiger partial charge on any atom is 0.167 e. The Morgan fingerprint density at radius 3 is 2.70 bits per heavy atom. The van der Waals surface area contributed by atoms with E-state index in [-0.39, 0.29) is 11.7 Å². The van der Waals surface area contributed by atoms with Gasteiger partial charge < -0.3 is 15.4 Å². The fourth-order valence-corrected chi connectivity index (χ4v) is 1.92. The molecule has 4 nitrogen and oxygen atoms in total. The van der Waals surface area contributed by atoms with E-state index in [0.717, 1.165) is 6.42 Å². The van der Waals surface area contributed by atoms with Gasteiger partial charge >= 0.3 is 0 Å². The smallest absolute Gasteiger partial charge is 0.167 e. The van der Waals surface area contributed by atoms with Crippen LogP contribution in [0.1, 0.15) is 27.2 Å². The second kappa shape index (κ2) is 7.59. The molecule has 0 radical (unpaired) electrons. The van der Waals surface area contributed by atoms with Gasteiger partial charge in [0.15, 0.2) is 11.6 Å². The van der Waals surface area contributed by atoms with Crippen molar-refractivity contribution < 1.29 is 9.13 Å². The van der Waals surface area contributed by atoms with Gasteiger partial charge in [-0.05, 0) is 20.3 Å². The summed E-state index contributed by atoms with van der Waals surface area (Å²) >= 11 is 0. The van der Waals surface area contributed by atoms with Crippen LogP contribution in [0.3, 0.4) is 0 Å². The Hall–Kier alpha value is -1.96. The van der Waals surface area contributed by atoms with Crippen LogP contribution in [0.2, 0.25) is 0 Å². The molecule has 0 saturated carbocycles. The molecule has 1 aromatic rings. The number of ether oxygens (including phenoxy) is 1. The van der Waals surface area contributed by atoms with Crippen molar-refractivity contribution in [2.24, 2.45) is 5.92 Å². The van der Waals surface area contributed by atoms with Crippen LogP contribution in [-0.4, -0.2) is 19.7 Å². The zero-order chi connectivity index (χ0) is 15.1. The lowest BCUT2D eigenvalue weighted by Crippen LogP contribution is -2.28. The Labute approximate surface area is 119 Å². The first-order valence-electron chi connectivity index (χ1n) is 6.89. The van der Waals surface area contributed by atoms with E-state index in [0.29, 0.717) is 31.1 Å². The summed E-state index contributed by atoms with van der Waals surface area (Å²) in [6.45, 7) is 7.48. The molecule has 0 aliphatic heterocycles. The second-order valence-electron chi connectivity index (χ2n) is 4.76. The number of nitrogens with zero attached hydrogens (tertiary/aromatic N) is 2. The Kier molecular flexibility index (Phi) is 6.10. The molecule has 0 heterocycles. The number of halogens is 1. The van der Waals surface area contributed by atoms with Gasteiger partial charge in [0.25, 0.3) is 0 Å². The van der Waals surface area contributed by atoms with Gasteiger partial charge in [-0.25, -0.2) is 4.39 Å². The molecule has 1 atom stereocenters. The third-order valence-electron chi connectivity index (χ3n) is 2.98. The largest absolute Gasteiger partial charge is 0.490 e. The van der Waals surface area contributed by atoms with Crippen LogP contribution in [0.15, 0.2) is 12.1 Å². The van der Waals surface area contributed by atoms with E-state index < -0.39 is 5.82 Å². The van der Waals surface area contributed by atoms with E-state index in [2.05, 4.69) is 6.07 Å². The van der Waals surface area contributed by atoms with E-state index in [9.17, 15) is 4.39 Å². The van der Waals surface area contributed by atoms with Gasteiger partial charge in [0.1, 0.15) is 0 Å². The molecule has 0 aromatic heterocycles. The molecule has 0 aliphatic carbocycles. The third kappa shape index (κ3) is 4.02. The van der Waals surface area contributed by atoms with Crippen molar-refractivity contribution in [2.45, 2.75) is 27.2 Å². The Morgan fingerprint density at radius 2 is 2.15 bits per heavy atom. The van der Waals surface area contributed by atoms with Crippen molar-refractivity contribution in [3.05, 3.63) is 17.9 Å². The van der Waals surface area contributed by atoms with Gasteiger partial charge in [0, 0.05) is 25.2 Å². The second-order valence-corrected chi connectivity index (χ2v) is 4.76. The van der Waals surface area contributed by atoms with E-state index in [4.69, 9.17) is 15.7 Å². The van der Waals surface area contributed by atoms with Crippen molar-refractivity contribution in [3.8, 4) is 11.8 Å². The van der Waals surface area contributed by atoms with Gasteiger partial charge in [-0.3, -0.25) is 0 Å². The number of benzene rings is 1. The number of nitrogen functional groups attached to an aromatic ring is 1. The highest BCUT2D eigenvalue weighted by atomic mass is 19.1. The predicted octanol–water partition coefficient (Wildman–Crippen LogP) is 3.18. The highest BCUT2D eigenvalue weighted by molar-refractivity contribution is 5.70. The molecule has 0 bridgehead atoms. The summed E-state index contributed by atoms with van der Waals surface area (Å²) in [5, 5.41) is 8.92. The first kappa shape index (κ1) is 16.1. The molecule has 110 valence electrons. The summed E-state index contributed by atoms with van der Waals surface area (Å²) in [7, 11) is 0. The van der Waals surface area contributed by atoms with Crippen molar-refractivity contribution in [1.82, 2.24) is 0 Å². The molecule has 5 heteroatoms. The molecule has 1 aromatic carbocycles. The van der Waals surface area contributed by atoms with Crippen LogP contribution in [0, 0.1) is 23.1 Å². The summed E-state index contributed by atoms with van der Waals surface area (Å²) in [6, 6.07) is 5.09. The fourth-order valence-electron chi connectivity index (χ4n) is 1.92. The minimum absolute atomic E-state index is 0.126. The SMILES string of the molecule is CCCOc1cc(N(CC)CC(C)C#N)c(N)cc1F. The lowest BCUT2D eigenvalue weighted by Gasteiger charge is -2.26. The molecule has 20 heavy (non-hydrogen) atoms. The van der Waals surface area contributed by atoms with Crippen LogP contribution in [0.5, 0.6) is 5.75 Å². The quantitative estimate of drug-likeness (QED) is 0.779. The Bertz CT molecular complexity index is 485. The summed E-state index contributed by atoms with van der Waals surface area (Å²) in [5.41, 5.74) is 6.96. The first-order valence-corrected chi connectivity index (χ1v) is 6.89. The van der Waals surface area contributed by atoms with Gasteiger partial charge in [-0.15, -0.1) is 0 Å². The van der Waals surface area contributed by atoms with Gasteiger partial charge in [0.05, 0.1) is 30.0 Å². The van der Waals surface area contributed by atoms with Crippen molar-refractivity contribution in [2.75, 3.05) is 30.3 Å². The average molecular weight is 279 g/mol. The minimum atomic E-state index is -0.455. The van der Waals surface area contributed by atoms with Gasteiger partial charge in [0.2, 0.25) is 0 Å². The Balaban J connectivity index is 3.05. The van der Waals surface area contributed by atoms with E-state index in [1.165, 1.54) is 6.07 Å². The number of hydrogen-bond donors (Lipinski definition) is 1. The zero-order valence-corrected chi connectivity index (χ0v) is 12.3. The first-order chi connectivity index (χ1) is 9.53. The summed E-state index contributed by atoms with van der Waals surface area (Å²) in [6.07, 6.45) is 0.808. The summed E-state index contributed by atoms with van der Waals surface area (Å²) < 4.78 is 19.2. The van der Waals surface area contributed by atoms with Crippen molar-refractivity contribution in [3.63, 3.8) is 0 Å². The van der Waals surface area contributed by atoms with Gasteiger partial charge in [-0.1, -0.05) is 6.92 Å². The molecule has 0 aliphatic rings. The lowest BCUT2D eigenvalue weighted by atomic mass is 10.1. The topological polar surface area (TPSA) is 62.3 Å². The maximum atomic E-state index is 13.8. The van der Waals surface area contributed by atoms with Crippen molar-refractivity contribution in [1.29, 1.82) is 5.26 Å². The monoisotopic (exact) mass is 279 g/mol. The highest BCUT2D eigenvalue weighted by Gasteiger charge is 2.15. The minimum Gasteiger partial charge on any atom is -0.490 e. The normalized spacial score (nSPS) is 11.8. The van der Waals surface area contributed by atoms with Crippen LogP contribution in [0.4, 0.5) is 15.8 Å². The van der Waals surface area contributed by atoms with E-state index in [1.54, 1.807) is 6.07 Å². The van der Waals surface area contributed by atoms with Gasteiger partial charge in [-0.2, -0.15) is 5.26 Å². The third-order valence-corrected chi connectivity index (χ3v) is 2.98. The highest BCUT2D eigenvalue weighted by Crippen LogP contribution is 2.31. The number of hydrogen-bond acceptors (Lipinski definition) is 4. The van der Waals surface area contributed by atoms with Crippen LogP contribution >= 0.6 is 0 Å². The van der Waals surface area contributed by atoms with E-state index in [1.807, 2.05) is 25.7 Å². The number of anilines is 2. The molecular weight excluding hydrogens is 257 g/mol. The number of nitriles is 1. The standard InChI is InChI=1S/C15H22FN3O/c1-4-6-20-15-8-14(13(18)7-12(15)16)19(5-2)10-11(3)9-17/h7-8,11H,4-6,10,18H2,1-3H3. The molecular formula is C15H22FN3O. The Morgan fingerprint density at radius 1 is 1.45 bits per heavy atom. The van der Waals surface area contributed by atoms with Crippen LogP contribution < -0.4 is 15.4 Å². The molecule has 0 saturated heterocycles.